The van der Waals surface area contributed by atoms with Crippen LogP contribution in [0.15, 0.2) is 30.9 Å². The van der Waals surface area contributed by atoms with Gasteiger partial charge < -0.3 is 14.6 Å². The molecule has 2 rings (SSSR count). The zero-order valence-corrected chi connectivity index (χ0v) is 12.9. The first kappa shape index (κ1) is 15.5. The summed E-state index contributed by atoms with van der Waals surface area (Å²) in [7, 11) is 0. The SMILES string of the molecule is CCCNCc1ccc(OCc2cncn2CCC)cn1. The van der Waals surface area contributed by atoms with E-state index in [1.165, 1.54) is 0 Å². The maximum absolute atomic E-state index is 5.77. The molecule has 0 fully saturated rings. The van der Waals surface area contributed by atoms with Gasteiger partial charge in [0.25, 0.3) is 0 Å². The molecule has 114 valence electrons. The molecule has 5 heteroatoms. The zero-order chi connectivity index (χ0) is 14.9. The average Bonchev–Trinajstić information content (AvgIpc) is 2.94. The summed E-state index contributed by atoms with van der Waals surface area (Å²) >= 11 is 0. The second-order valence-electron chi connectivity index (χ2n) is 5.03. The summed E-state index contributed by atoms with van der Waals surface area (Å²) in [6.45, 7) is 7.62. The van der Waals surface area contributed by atoms with Crippen LogP contribution in [0.4, 0.5) is 0 Å². The third-order valence-electron chi connectivity index (χ3n) is 3.18. The molecule has 2 aromatic heterocycles. The molecule has 1 N–H and O–H groups in total. The number of hydrogen-bond donors (Lipinski definition) is 1. The minimum atomic E-state index is 0.523. The van der Waals surface area contributed by atoms with Crippen molar-refractivity contribution in [3.63, 3.8) is 0 Å². The maximum atomic E-state index is 5.77. The van der Waals surface area contributed by atoms with Crippen LogP contribution in [-0.2, 0) is 19.7 Å². The van der Waals surface area contributed by atoms with Gasteiger partial charge in [-0.15, -0.1) is 0 Å². The molecule has 0 amide bonds. The van der Waals surface area contributed by atoms with Crippen molar-refractivity contribution in [2.75, 3.05) is 6.54 Å². The molecule has 0 atom stereocenters. The van der Waals surface area contributed by atoms with Gasteiger partial charge >= 0.3 is 0 Å². The van der Waals surface area contributed by atoms with Gasteiger partial charge in [-0.2, -0.15) is 0 Å². The van der Waals surface area contributed by atoms with Crippen molar-refractivity contribution >= 4 is 0 Å². The highest BCUT2D eigenvalue weighted by Gasteiger charge is 2.03. The van der Waals surface area contributed by atoms with Gasteiger partial charge in [0.2, 0.25) is 0 Å². The van der Waals surface area contributed by atoms with Crippen LogP contribution in [0.1, 0.15) is 38.1 Å². The quantitative estimate of drug-likeness (QED) is 0.721. The molecule has 0 unspecified atom stereocenters. The van der Waals surface area contributed by atoms with Gasteiger partial charge in [-0.1, -0.05) is 13.8 Å². The van der Waals surface area contributed by atoms with Crippen LogP contribution in [-0.4, -0.2) is 21.1 Å². The van der Waals surface area contributed by atoms with E-state index in [-0.39, 0.29) is 0 Å². The van der Waals surface area contributed by atoms with Crippen LogP contribution in [0.25, 0.3) is 0 Å². The normalized spacial score (nSPS) is 10.8. The van der Waals surface area contributed by atoms with E-state index in [2.05, 4.69) is 33.7 Å². The summed E-state index contributed by atoms with van der Waals surface area (Å²) < 4.78 is 7.90. The van der Waals surface area contributed by atoms with Crippen molar-refractivity contribution in [2.24, 2.45) is 0 Å². The van der Waals surface area contributed by atoms with E-state index in [9.17, 15) is 0 Å². The molecule has 0 radical (unpaired) electrons. The topological polar surface area (TPSA) is 52.0 Å². The maximum Gasteiger partial charge on any atom is 0.138 e. The number of nitrogens with one attached hydrogen (secondary N) is 1. The molecule has 21 heavy (non-hydrogen) atoms. The first-order valence-corrected chi connectivity index (χ1v) is 7.61. The van der Waals surface area contributed by atoms with E-state index in [4.69, 9.17) is 4.74 Å². The molecule has 0 aromatic carbocycles. The molecule has 0 saturated heterocycles. The Balaban J connectivity index is 1.84. The third kappa shape index (κ3) is 4.86. The van der Waals surface area contributed by atoms with Gasteiger partial charge in [0.15, 0.2) is 0 Å². The van der Waals surface area contributed by atoms with Gasteiger partial charge in [-0.25, -0.2) is 4.98 Å². The number of rotatable bonds is 9. The summed E-state index contributed by atoms with van der Waals surface area (Å²) in [4.78, 5) is 8.57. The number of pyridine rings is 1. The van der Waals surface area contributed by atoms with E-state index in [0.717, 1.165) is 49.6 Å². The van der Waals surface area contributed by atoms with Crippen LogP contribution in [0.2, 0.25) is 0 Å². The Bertz CT molecular complexity index is 521. The summed E-state index contributed by atoms with van der Waals surface area (Å²) in [6, 6.07) is 3.97. The number of hydrogen-bond acceptors (Lipinski definition) is 4. The minimum absolute atomic E-state index is 0.523. The summed E-state index contributed by atoms with van der Waals surface area (Å²) in [6.07, 6.45) is 7.70. The summed E-state index contributed by atoms with van der Waals surface area (Å²) in [5, 5.41) is 3.33. The molecule has 2 heterocycles. The predicted molar refractivity (Wildman–Crippen MR) is 83.1 cm³/mol. The van der Waals surface area contributed by atoms with Crippen molar-refractivity contribution < 1.29 is 4.74 Å². The predicted octanol–water partition coefficient (Wildman–Crippen LogP) is 2.77. The van der Waals surface area contributed by atoms with Gasteiger partial charge in [0.1, 0.15) is 12.4 Å². The number of imidazole rings is 1. The first-order chi connectivity index (χ1) is 10.3. The monoisotopic (exact) mass is 288 g/mol. The second kappa shape index (κ2) is 8.42. The van der Waals surface area contributed by atoms with Crippen molar-refractivity contribution in [1.29, 1.82) is 0 Å². The average molecular weight is 288 g/mol. The number of aryl methyl sites for hydroxylation is 1. The van der Waals surface area contributed by atoms with E-state index >= 15 is 0 Å². The Hall–Kier alpha value is -1.88. The molecule has 0 saturated carbocycles. The van der Waals surface area contributed by atoms with Crippen LogP contribution >= 0.6 is 0 Å². The standard InChI is InChI=1S/C16H24N4O/c1-3-7-17-9-14-5-6-16(11-19-14)21-12-15-10-18-13-20(15)8-4-2/h5-6,10-11,13,17H,3-4,7-9,12H2,1-2H3. The molecule has 0 aliphatic carbocycles. The van der Waals surface area contributed by atoms with Crippen LogP contribution < -0.4 is 10.1 Å². The fraction of sp³-hybridized carbons (Fsp3) is 0.500. The second-order valence-corrected chi connectivity index (χ2v) is 5.03. The highest BCUT2D eigenvalue weighted by molar-refractivity contribution is 5.20. The Morgan fingerprint density at radius 3 is 2.81 bits per heavy atom. The van der Waals surface area contributed by atoms with Crippen LogP contribution in [0.5, 0.6) is 5.75 Å². The minimum Gasteiger partial charge on any atom is -0.486 e. The van der Waals surface area contributed by atoms with Crippen LogP contribution in [0.3, 0.4) is 0 Å². The Morgan fingerprint density at radius 1 is 1.19 bits per heavy atom. The van der Waals surface area contributed by atoms with Crippen molar-refractivity contribution in [2.45, 2.75) is 46.4 Å². The van der Waals surface area contributed by atoms with E-state index in [1.54, 1.807) is 6.20 Å². The van der Waals surface area contributed by atoms with E-state index < -0.39 is 0 Å². The Kier molecular flexibility index (Phi) is 6.22. The third-order valence-corrected chi connectivity index (χ3v) is 3.18. The molecule has 0 bridgehead atoms. The van der Waals surface area contributed by atoms with Crippen molar-refractivity contribution in [3.05, 3.63) is 42.2 Å². The van der Waals surface area contributed by atoms with Crippen molar-refractivity contribution in [3.8, 4) is 5.75 Å². The van der Waals surface area contributed by atoms with E-state index in [0.29, 0.717) is 6.61 Å². The first-order valence-electron chi connectivity index (χ1n) is 7.61. The van der Waals surface area contributed by atoms with Gasteiger partial charge in [0, 0.05) is 13.1 Å². The van der Waals surface area contributed by atoms with Crippen LogP contribution in [0, 0.1) is 0 Å². The lowest BCUT2D eigenvalue weighted by Crippen LogP contribution is -2.14. The van der Waals surface area contributed by atoms with Crippen molar-refractivity contribution in [1.82, 2.24) is 19.9 Å². The number of aromatic nitrogens is 3. The smallest absolute Gasteiger partial charge is 0.138 e. The molecule has 5 nitrogen and oxygen atoms in total. The summed E-state index contributed by atoms with van der Waals surface area (Å²) in [5.74, 6) is 0.790. The lowest BCUT2D eigenvalue weighted by atomic mass is 10.3. The lowest BCUT2D eigenvalue weighted by Gasteiger charge is -2.09. The van der Waals surface area contributed by atoms with E-state index in [1.807, 2.05) is 24.7 Å². The number of ether oxygens (including phenoxy) is 1. The molecular weight excluding hydrogens is 264 g/mol. The largest absolute Gasteiger partial charge is 0.486 e. The molecule has 0 aliphatic heterocycles. The molecule has 2 aromatic rings. The Morgan fingerprint density at radius 2 is 2.10 bits per heavy atom. The molecular formula is C16H24N4O. The van der Waals surface area contributed by atoms with Gasteiger partial charge in [-0.3, -0.25) is 4.98 Å². The summed E-state index contributed by atoms with van der Waals surface area (Å²) in [5.41, 5.74) is 2.12. The highest BCUT2D eigenvalue weighted by Crippen LogP contribution is 2.12. The Labute approximate surface area is 126 Å². The fourth-order valence-corrected chi connectivity index (χ4v) is 2.06. The van der Waals surface area contributed by atoms with Gasteiger partial charge in [0.05, 0.1) is 30.1 Å². The lowest BCUT2D eigenvalue weighted by molar-refractivity contribution is 0.293. The molecule has 0 spiro atoms. The zero-order valence-electron chi connectivity index (χ0n) is 12.9. The molecule has 0 aliphatic rings. The highest BCUT2D eigenvalue weighted by atomic mass is 16.5. The van der Waals surface area contributed by atoms with Gasteiger partial charge in [-0.05, 0) is 31.5 Å². The fourth-order valence-electron chi connectivity index (χ4n) is 2.06. The number of nitrogens with zero attached hydrogens (tertiary/aromatic N) is 3.